The maximum atomic E-state index is 11.9. The summed E-state index contributed by atoms with van der Waals surface area (Å²) in [5, 5.41) is 36.6. The van der Waals surface area contributed by atoms with Crippen molar-refractivity contribution in [3.8, 4) is 0 Å². The van der Waals surface area contributed by atoms with Crippen LogP contribution < -0.4 is 5.73 Å². The van der Waals surface area contributed by atoms with Crippen LogP contribution in [0.2, 0.25) is 6.32 Å². The van der Waals surface area contributed by atoms with Gasteiger partial charge in [-0.05, 0) is 29.4 Å². The molecule has 1 unspecified atom stereocenters. The van der Waals surface area contributed by atoms with Gasteiger partial charge in [0.1, 0.15) is 12.2 Å². The summed E-state index contributed by atoms with van der Waals surface area (Å²) >= 11 is 0. The maximum Gasteiger partial charge on any atom is 0.455 e. The van der Waals surface area contributed by atoms with Crippen LogP contribution in [-0.2, 0) is 5.54 Å². The van der Waals surface area contributed by atoms with Crippen molar-refractivity contribution in [2.75, 3.05) is 0 Å². The average molecular weight is 551 g/mol. The zero-order chi connectivity index (χ0) is 30.1. The molecule has 0 heterocycles. The van der Waals surface area contributed by atoms with Crippen LogP contribution in [0, 0.1) is 0 Å². The van der Waals surface area contributed by atoms with Gasteiger partial charge in [-0.25, -0.2) is 0 Å². The Labute approximate surface area is 242 Å². The predicted octanol–water partition coefficient (Wildman–Crippen LogP) is 5.40. The van der Waals surface area contributed by atoms with E-state index in [2.05, 4.69) is 13.2 Å². The molecule has 6 nitrogen and oxygen atoms in total. The molecule has 0 saturated carbocycles. The van der Waals surface area contributed by atoms with E-state index in [0.717, 1.165) is 11.1 Å². The SMILES string of the molecule is C=CCB(O)O.C=CC[C@@](N)(c1ccccc1)[C@@H](O)c1ccccc1.O=C(c1ccccc1)C(O)c1ccccc1. The molecule has 0 spiro atoms. The Hall–Kier alpha value is -4.11. The molecule has 0 saturated heterocycles. The molecule has 4 rings (SSSR count). The monoisotopic (exact) mass is 551 g/mol. The van der Waals surface area contributed by atoms with E-state index < -0.39 is 24.9 Å². The molecule has 7 heteroatoms. The fourth-order valence-corrected chi connectivity index (χ4v) is 4.00. The molecule has 4 aromatic carbocycles. The lowest BCUT2D eigenvalue weighted by Crippen LogP contribution is -2.42. The summed E-state index contributed by atoms with van der Waals surface area (Å²) in [5.41, 5.74) is 8.50. The first-order chi connectivity index (χ1) is 19.7. The Morgan fingerprint density at radius 3 is 1.59 bits per heavy atom. The van der Waals surface area contributed by atoms with E-state index in [1.165, 1.54) is 6.08 Å². The van der Waals surface area contributed by atoms with Gasteiger partial charge in [-0.3, -0.25) is 4.79 Å². The van der Waals surface area contributed by atoms with Crippen molar-refractivity contribution in [2.45, 2.75) is 30.5 Å². The van der Waals surface area contributed by atoms with Crippen molar-refractivity contribution in [3.05, 3.63) is 169 Å². The summed E-state index contributed by atoms with van der Waals surface area (Å²) in [4.78, 5) is 11.9. The van der Waals surface area contributed by atoms with Crippen molar-refractivity contribution in [1.29, 1.82) is 0 Å². The Morgan fingerprint density at radius 2 is 1.17 bits per heavy atom. The van der Waals surface area contributed by atoms with Crippen molar-refractivity contribution in [1.82, 2.24) is 0 Å². The van der Waals surface area contributed by atoms with Crippen molar-refractivity contribution >= 4 is 12.9 Å². The van der Waals surface area contributed by atoms with E-state index in [9.17, 15) is 15.0 Å². The van der Waals surface area contributed by atoms with E-state index in [0.29, 0.717) is 17.5 Å². The Kier molecular flexibility index (Phi) is 14.2. The second kappa shape index (κ2) is 17.6. The molecule has 0 radical (unpaired) electrons. The number of carbonyl (C=O) groups is 1. The van der Waals surface area contributed by atoms with Gasteiger partial charge in [-0.15, -0.1) is 13.2 Å². The minimum atomic E-state index is -1.22. The zero-order valence-electron chi connectivity index (χ0n) is 23.0. The number of aliphatic hydroxyl groups excluding tert-OH is 2. The molecule has 0 aromatic heterocycles. The summed E-state index contributed by atoms with van der Waals surface area (Å²) in [7, 11) is -1.22. The third kappa shape index (κ3) is 10.4. The van der Waals surface area contributed by atoms with Gasteiger partial charge in [0.25, 0.3) is 0 Å². The number of hydrogen-bond acceptors (Lipinski definition) is 6. The van der Waals surface area contributed by atoms with E-state index in [1.54, 1.807) is 54.6 Å². The third-order valence-electron chi connectivity index (χ3n) is 6.20. The molecule has 0 aliphatic rings. The van der Waals surface area contributed by atoms with Gasteiger partial charge in [0.05, 0.1) is 5.54 Å². The second-order valence-electron chi connectivity index (χ2n) is 9.26. The number of rotatable bonds is 10. The fraction of sp³-hybridized carbons (Fsp3) is 0.147. The van der Waals surface area contributed by atoms with Crippen molar-refractivity contribution in [3.63, 3.8) is 0 Å². The molecule has 3 atom stereocenters. The molecule has 0 aliphatic carbocycles. The lowest BCUT2D eigenvalue weighted by Gasteiger charge is -2.34. The molecule has 6 N–H and O–H groups in total. The number of allylic oxidation sites excluding steroid dienone is 1. The zero-order valence-corrected chi connectivity index (χ0v) is 23.0. The molecule has 0 amide bonds. The number of ketones is 1. The number of benzene rings is 4. The third-order valence-corrected chi connectivity index (χ3v) is 6.20. The van der Waals surface area contributed by atoms with Crippen LogP contribution in [-0.4, -0.2) is 33.2 Å². The summed E-state index contributed by atoms with van der Waals surface area (Å²) in [5.74, 6) is -0.271. The average Bonchev–Trinajstić information content (AvgIpc) is 3.02. The van der Waals surface area contributed by atoms with Gasteiger partial charge in [0.2, 0.25) is 0 Å². The minimum absolute atomic E-state index is 0.250. The topological polar surface area (TPSA) is 124 Å². The summed E-state index contributed by atoms with van der Waals surface area (Å²) in [6, 6.07) is 36.9. The lowest BCUT2D eigenvalue weighted by atomic mass is 9.79. The molecule has 212 valence electrons. The van der Waals surface area contributed by atoms with Crippen LogP contribution in [0.25, 0.3) is 0 Å². The number of nitrogens with two attached hydrogens (primary N) is 1. The van der Waals surface area contributed by atoms with Crippen molar-refractivity contribution in [2.24, 2.45) is 5.73 Å². The smallest absolute Gasteiger partial charge is 0.427 e. The first-order valence-electron chi connectivity index (χ1n) is 13.2. The molecule has 0 aliphatic heterocycles. The lowest BCUT2D eigenvalue weighted by molar-refractivity contribution is 0.0747. The fourth-order valence-electron chi connectivity index (χ4n) is 4.00. The highest BCUT2D eigenvalue weighted by atomic mass is 16.4. The van der Waals surface area contributed by atoms with Crippen LogP contribution in [0.4, 0.5) is 0 Å². The van der Waals surface area contributed by atoms with Gasteiger partial charge < -0.3 is 26.0 Å². The minimum Gasteiger partial charge on any atom is -0.427 e. The quantitative estimate of drug-likeness (QED) is 0.102. The maximum absolute atomic E-state index is 11.9. The van der Waals surface area contributed by atoms with Gasteiger partial charge in [-0.1, -0.05) is 133 Å². The summed E-state index contributed by atoms with van der Waals surface area (Å²) < 4.78 is 0. The number of aliphatic hydroxyl groups is 2. The number of hydrogen-bond donors (Lipinski definition) is 5. The highest BCUT2D eigenvalue weighted by Crippen LogP contribution is 2.35. The van der Waals surface area contributed by atoms with Crippen LogP contribution in [0.3, 0.4) is 0 Å². The Balaban J connectivity index is 0.000000242. The summed E-state index contributed by atoms with van der Waals surface area (Å²) in [6.07, 6.45) is 2.11. The molecule has 41 heavy (non-hydrogen) atoms. The van der Waals surface area contributed by atoms with E-state index in [-0.39, 0.29) is 12.1 Å². The van der Waals surface area contributed by atoms with E-state index >= 15 is 0 Å². The standard InChI is InChI=1S/C17H19NO.C14H12O2.C3H7BO2/c1-2-13-17(18,15-11-7-4-8-12-15)16(19)14-9-5-3-6-10-14;15-13(11-7-3-1-4-8-11)14(16)12-9-5-2-6-10-12;1-2-3-4(5)6/h2-12,16,19H,1,13,18H2;1-10,13,15H;2,5-6H,1,3H2/t16-,17+;;/m0../s1. The van der Waals surface area contributed by atoms with Crippen molar-refractivity contribution < 1.29 is 25.1 Å². The van der Waals surface area contributed by atoms with Gasteiger partial charge in [0, 0.05) is 5.56 Å². The number of carbonyl (C=O) groups excluding carboxylic acids is 1. The molecule has 0 bridgehead atoms. The van der Waals surface area contributed by atoms with E-state index in [1.807, 2.05) is 72.8 Å². The molecule has 4 aromatic rings. The first-order valence-corrected chi connectivity index (χ1v) is 13.2. The normalized spacial score (nSPS) is 13.0. The molecular weight excluding hydrogens is 513 g/mol. The van der Waals surface area contributed by atoms with Crippen LogP contribution in [0.5, 0.6) is 0 Å². The van der Waals surface area contributed by atoms with Crippen LogP contribution in [0.1, 0.15) is 45.7 Å². The van der Waals surface area contributed by atoms with Crippen LogP contribution >= 0.6 is 0 Å². The first kappa shape index (κ1) is 33.1. The van der Waals surface area contributed by atoms with E-state index in [4.69, 9.17) is 15.8 Å². The second-order valence-corrected chi connectivity index (χ2v) is 9.26. The highest BCUT2D eigenvalue weighted by Gasteiger charge is 2.35. The van der Waals surface area contributed by atoms with Crippen LogP contribution in [0.15, 0.2) is 147 Å². The molecule has 0 fully saturated rings. The molecular formula is C34H38BNO5. The largest absolute Gasteiger partial charge is 0.455 e. The van der Waals surface area contributed by atoms with Gasteiger partial charge in [0.15, 0.2) is 5.78 Å². The Morgan fingerprint density at radius 1 is 0.732 bits per heavy atom. The number of Topliss-reactive ketones (excluding diaryl/α,β-unsaturated/α-hetero) is 1. The van der Waals surface area contributed by atoms with Gasteiger partial charge in [-0.2, -0.15) is 0 Å². The summed E-state index contributed by atoms with van der Waals surface area (Å²) in [6.45, 7) is 7.04. The van der Waals surface area contributed by atoms with Gasteiger partial charge >= 0.3 is 7.12 Å². The Bertz CT molecular complexity index is 1300. The highest BCUT2D eigenvalue weighted by molar-refractivity contribution is 6.41. The predicted molar refractivity (Wildman–Crippen MR) is 166 cm³/mol.